The summed E-state index contributed by atoms with van der Waals surface area (Å²) in [5.74, 6) is 0.144. The zero-order chi connectivity index (χ0) is 19.0. The molecule has 1 amide bonds. The number of methoxy groups -OCH3 is 1. The number of hydrogen-bond acceptors (Lipinski definition) is 5. The number of anilines is 1. The average molecular weight is 367 g/mol. The van der Waals surface area contributed by atoms with Gasteiger partial charge in [0.25, 0.3) is 0 Å². The Bertz CT molecular complexity index is 1000. The fourth-order valence-electron chi connectivity index (χ4n) is 3.30. The molecule has 1 aromatic heterocycles. The molecule has 0 radical (unpaired) electrons. The van der Waals surface area contributed by atoms with E-state index in [-0.39, 0.29) is 23.4 Å². The number of benzene rings is 2. The summed E-state index contributed by atoms with van der Waals surface area (Å²) in [7, 11) is 1.40. The van der Waals surface area contributed by atoms with Gasteiger partial charge in [0.2, 0.25) is 17.6 Å². The Hall–Kier alpha value is -3.22. The normalized spacial score (nSPS) is 16.8. The molecule has 0 saturated carbocycles. The van der Waals surface area contributed by atoms with Crippen LogP contribution in [0.3, 0.4) is 0 Å². The molecule has 1 atom stereocenters. The maximum absolute atomic E-state index is 13.9. The first-order valence-corrected chi connectivity index (χ1v) is 8.60. The number of aromatic nitrogens is 2. The van der Waals surface area contributed by atoms with E-state index in [0.717, 1.165) is 11.3 Å². The van der Waals surface area contributed by atoms with Crippen LogP contribution in [-0.2, 0) is 4.79 Å². The third-order valence-corrected chi connectivity index (χ3v) is 4.73. The predicted octanol–water partition coefficient (Wildman–Crippen LogP) is 3.71. The van der Waals surface area contributed by atoms with Crippen LogP contribution in [0.1, 0.15) is 23.8 Å². The summed E-state index contributed by atoms with van der Waals surface area (Å²) in [6.45, 7) is 2.45. The number of halogens is 1. The molecule has 1 aliphatic rings. The number of carbonyl (C=O) groups is 1. The van der Waals surface area contributed by atoms with Crippen molar-refractivity contribution in [2.24, 2.45) is 0 Å². The highest BCUT2D eigenvalue weighted by atomic mass is 19.1. The Balaban J connectivity index is 1.57. The van der Waals surface area contributed by atoms with Crippen LogP contribution in [0.25, 0.3) is 11.4 Å². The van der Waals surface area contributed by atoms with Gasteiger partial charge in [-0.2, -0.15) is 4.98 Å². The lowest BCUT2D eigenvalue weighted by Crippen LogP contribution is -2.25. The monoisotopic (exact) mass is 367 g/mol. The number of para-hydroxylation sites is 1. The summed E-state index contributed by atoms with van der Waals surface area (Å²) in [6, 6.07) is 12.2. The Morgan fingerprint density at radius 1 is 1.26 bits per heavy atom. The van der Waals surface area contributed by atoms with Crippen LogP contribution in [0.4, 0.5) is 10.1 Å². The topological polar surface area (TPSA) is 68.5 Å². The smallest absolute Gasteiger partial charge is 0.232 e. The van der Waals surface area contributed by atoms with Crippen molar-refractivity contribution in [1.82, 2.24) is 10.1 Å². The lowest BCUT2D eigenvalue weighted by Gasteiger charge is -2.18. The van der Waals surface area contributed by atoms with Crippen LogP contribution in [0, 0.1) is 12.7 Å². The molecule has 1 saturated heterocycles. The number of rotatable bonds is 4. The lowest BCUT2D eigenvalue weighted by molar-refractivity contribution is -0.117. The number of carbonyl (C=O) groups excluding carboxylic acids is 1. The summed E-state index contributed by atoms with van der Waals surface area (Å²) in [5, 5.41) is 3.94. The lowest BCUT2D eigenvalue weighted by atomic mass is 10.1. The van der Waals surface area contributed by atoms with E-state index in [9.17, 15) is 9.18 Å². The minimum Gasteiger partial charge on any atom is -0.494 e. The molecule has 2 aromatic carbocycles. The van der Waals surface area contributed by atoms with Crippen molar-refractivity contribution < 1.29 is 18.4 Å². The first-order valence-electron chi connectivity index (χ1n) is 8.60. The van der Waals surface area contributed by atoms with Crippen LogP contribution in [0.2, 0.25) is 0 Å². The van der Waals surface area contributed by atoms with E-state index in [1.54, 1.807) is 11.0 Å². The highest BCUT2D eigenvalue weighted by Gasteiger charge is 2.35. The minimum absolute atomic E-state index is 0.0181. The summed E-state index contributed by atoms with van der Waals surface area (Å²) in [4.78, 5) is 18.6. The van der Waals surface area contributed by atoms with Gasteiger partial charge in [-0.1, -0.05) is 23.4 Å². The van der Waals surface area contributed by atoms with Gasteiger partial charge in [0, 0.05) is 24.2 Å². The Morgan fingerprint density at radius 3 is 2.81 bits per heavy atom. The van der Waals surface area contributed by atoms with E-state index in [2.05, 4.69) is 10.1 Å². The van der Waals surface area contributed by atoms with Gasteiger partial charge in [0.05, 0.1) is 13.0 Å². The molecule has 1 unspecified atom stereocenters. The molecule has 27 heavy (non-hydrogen) atoms. The average Bonchev–Trinajstić information content (AvgIpc) is 3.29. The van der Waals surface area contributed by atoms with E-state index < -0.39 is 5.82 Å². The molecule has 1 fully saturated rings. The molecule has 3 aromatic rings. The summed E-state index contributed by atoms with van der Waals surface area (Å²) in [6.07, 6.45) is 0.299. The van der Waals surface area contributed by atoms with E-state index >= 15 is 0 Å². The van der Waals surface area contributed by atoms with Crippen LogP contribution >= 0.6 is 0 Å². The van der Waals surface area contributed by atoms with E-state index in [4.69, 9.17) is 9.26 Å². The van der Waals surface area contributed by atoms with Gasteiger partial charge in [0.15, 0.2) is 11.6 Å². The quantitative estimate of drug-likeness (QED) is 0.703. The number of aryl methyl sites for hydroxylation is 1. The fraction of sp³-hybridized carbons (Fsp3) is 0.250. The molecule has 6 nitrogen and oxygen atoms in total. The third-order valence-electron chi connectivity index (χ3n) is 4.73. The van der Waals surface area contributed by atoms with Crippen molar-refractivity contribution in [3.8, 4) is 17.1 Å². The third kappa shape index (κ3) is 3.16. The number of hydrogen-bond donors (Lipinski definition) is 0. The Labute approximate surface area is 155 Å². The minimum atomic E-state index is -0.497. The van der Waals surface area contributed by atoms with Gasteiger partial charge in [-0.3, -0.25) is 4.79 Å². The molecular weight excluding hydrogens is 349 g/mol. The van der Waals surface area contributed by atoms with Crippen molar-refractivity contribution in [2.75, 3.05) is 18.6 Å². The zero-order valence-electron chi connectivity index (χ0n) is 15.0. The fourth-order valence-corrected chi connectivity index (χ4v) is 3.30. The Kier molecular flexibility index (Phi) is 4.35. The second-order valence-electron chi connectivity index (χ2n) is 6.50. The summed E-state index contributed by atoms with van der Waals surface area (Å²) < 4.78 is 24.2. The van der Waals surface area contributed by atoms with Crippen LogP contribution in [0.15, 0.2) is 47.0 Å². The molecule has 0 N–H and O–H groups in total. The van der Waals surface area contributed by atoms with Gasteiger partial charge >= 0.3 is 0 Å². The van der Waals surface area contributed by atoms with Crippen molar-refractivity contribution >= 4 is 11.6 Å². The number of amides is 1. The first kappa shape index (κ1) is 17.2. The van der Waals surface area contributed by atoms with E-state index in [0.29, 0.717) is 24.4 Å². The van der Waals surface area contributed by atoms with Gasteiger partial charge in [-0.15, -0.1) is 0 Å². The summed E-state index contributed by atoms with van der Waals surface area (Å²) in [5.41, 5.74) is 2.41. The van der Waals surface area contributed by atoms with Crippen molar-refractivity contribution in [3.63, 3.8) is 0 Å². The molecule has 0 bridgehead atoms. The molecule has 1 aliphatic heterocycles. The Morgan fingerprint density at radius 2 is 2.07 bits per heavy atom. The van der Waals surface area contributed by atoms with Gasteiger partial charge < -0.3 is 14.2 Å². The summed E-state index contributed by atoms with van der Waals surface area (Å²) >= 11 is 0. The molecule has 2 heterocycles. The molecular formula is C20H18FN3O3. The second kappa shape index (κ2) is 6.83. The standard InChI is InChI=1S/C20H18FN3O3/c1-12-5-3-4-6-16(12)24-11-14(10-18(24)25)20-22-19(23-27-20)13-7-8-17(26-2)15(21)9-13/h3-9,14H,10-11H2,1-2H3. The van der Waals surface area contributed by atoms with Crippen LogP contribution < -0.4 is 9.64 Å². The molecule has 7 heteroatoms. The van der Waals surface area contributed by atoms with Gasteiger partial charge in [0.1, 0.15) is 0 Å². The maximum atomic E-state index is 13.9. The highest BCUT2D eigenvalue weighted by Crippen LogP contribution is 2.33. The van der Waals surface area contributed by atoms with Crippen LogP contribution in [0.5, 0.6) is 5.75 Å². The predicted molar refractivity (Wildman–Crippen MR) is 97.1 cm³/mol. The van der Waals surface area contributed by atoms with Gasteiger partial charge in [-0.25, -0.2) is 4.39 Å². The van der Waals surface area contributed by atoms with E-state index in [1.165, 1.54) is 19.2 Å². The van der Waals surface area contributed by atoms with Crippen molar-refractivity contribution in [3.05, 3.63) is 59.7 Å². The second-order valence-corrected chi connectivity index (χ2v) is 6.50. The number of nitrogens with zero attached hydrogens (tertiary/aromatic N) is 3. The SMILES string of the molecule is COc1ccc(-c2noc(C3CC(=O)N(c4ccccc4C)C3)n2)cc1F. The van der Waals surface area contributed by atoms with Crippen LogP contribution in [-0.4, -0.2) is 29.7 Å². The van der Waals surface area contributed by atoms with E-state index in [1.807, 2.05) is 31.2 Å². The van der Waals surface area contributed by atoms with Gasteiger partial charge in [-0.05, 0) is 36.8 Å². The molecule has 138 valence electrons. The zero-order valence-corrected chi connectivity index (χ0v) is 15.0. The number of ether oxygens (including phenoxy) is 1. The van der Waals surface area contributed by atoms with Crippen molar-refractivity contribution in [1.29, 1.82) is 0 Å². The highest BCUT2D eigenvalue weighted by molar-refractivity contribution is 5.97. The largest absolute Gasteiger partial charge is 0.494 e. The first-order chi connectivity index (χ1) is 13.1. The molecule has 0 spiro atoms. The molecule has 4 rings (SSSR count). The molecule has 0 aliphatic carbocycles. The van der Waals surface area contributed by atoms with Crippen molar-refractivity contribution in [2.45, 2.75) is 19.3 Å². The maximum Gasteiger partial charge on any atom is 0.232 e.